The standard InChI is InChI=1S/C7H14BrN5O5/c8-7(3-14,13(17)18)5(15)12(6(9)16)11-2-1-10-4-11/h5,10,14-15H,1-4H2,(H2,9,16). The van der Waals surface area contributed by atoms with Gasteiger partial charge in [0.1, 0.15) is 6.61 Å². The third-order valence-electron chi connectivity index (χ3n) is 2.52. The van der Waals surface area contributed by atoms with Crippen LogP contribution in [0, 0.1) is 10.1 Å². The number of carbonyl (C=O) groups is 1. The number of nitrogens with zero attached hydrogens (tertiary/aromatic N) is 3. The fourth-order valence-electron chi connectivity index (χ4n) is 1.51. The Morgan fingerprint density at radius 1 is 1.78 bits per heavy atom. The SMILES string of the molecule is NC(=O)N(C(O)C(Br)(CO)[N+](=O)[O-])N1CCNC1. The Bertz CT molecular complexity index is 338. The van der Waals surface area contributed by atoms with Gasteiger partial charge in [-0.3, -0.25) is 10.1 Å². The van der Waals surface area contributed by atoms with Crippen LogP contribution < -0.4 is 11.1 Å². The van der Waals surface area contributed by atoms with Gasteiger partial charge < -0.3 is 21.3 Å². The maximum atomic E-state index is 11.3. The summed E-state index contributed by atoms with van der Waals surface area (Å²) in [5, 5.41) is 34.7. The second-order valence-corrected chi connectivity index (χ2v) is 5.05. The van der Waals surface area contributed by atoms with Crippen molar-refractivity contribution in [3.05, 3.63) is 10.1 Å². The second kappa shape index (κ2) is 5.75. The molecule has 1 heterocycles. The second-order valence-electron chi connectivity index (χ2n) is 3.68. The molecule has 0 bridgehead atoms. The Balaban J connectivity index is 2.97. The highest BCUT2D eigenvalue weighted by atomic mass is 79.9. The van der Waals surface area contributed by atoms with Crippen LogP contribution in [0.15, 0.2) is 0 Å². The molecule has 1 fully saturated rings. The van der Waals surface area contributed by atoms with Crippen LogP contribution in [-0.2, 0) is 0 Å². The lowest BCUT2D eigenvalue weighted by atomic mass is 10.3. The Morgan fingerprint density at radius 2 is 2.39 bits per heavy atom. The molecule has 1 aliphatic rings. The van der Waals surface area contributed by atoms with Gasteiger partial charge in [0.15, 0.2) is 0 Å². The Hall–Kier alpha value is -1.01. The van der Waals surface area contributed by atoms with E-state index in [1.54, 1.807) is 0 Å². The summed E-state index contributed by atoms with van der Waals surface area (Å²) >= 11 is 2.63. The van der Waals surface area contributed by atoms with Crippen LogP contribution >= 0.6 is 15.9 Å². The number of halogens is 1. The van der Waals surface area contributed by atoms with Crippen molar-refractivity contribution in [2.45, 2.75) is 10.7 Å². The molecule has 2 atom stereocenters. The molecule has 2 unspecified atom stereocenters. The van der Waals surface area contributed by atoms with Crippen LogP contribution in [0.5, 0.6) is 0 Å². The molecule has 0 aromatic heterocycles. The third-order valence-corrected chi connectivity index (χ3v) is 3.47. The van der Waals surface area contributed by atoms with E-state index in [1.807, 2.05) is 0 Å². The largest absolute Gasteiger partial charge is 0.388 e. The average Bonchev–Trinajstić information content (AvgIpc) is 2.80. The maximum absolute atomic E-state index is 11.3. The summed E-state index contributed by atoms with van der Waals surface area (Å²) in [4.78, 5) is 21.2. The van der Waals surface area contributed by atoms with E-state index >= 15 is 0 Å². The van der Waals surface area contributed by atoms with Crippen molar-refractivity contribution in [1.29, 1.82) is 0 Å². The lowest BCUT2D eigenvalue weighted by Crippen LogP contribution is -2.63. The number of alkyl halides is 1. The predicted molar refractivity (Wildman–Crippen MR) is 62.7 cm³/mol. The molecule has 1 saturated heterocycles. The summed E-state index contributed by atoms with van der Waals surface area (Å²) in [6, 6.07) is -1.05. The number of nitrogens with two attached hydrogens (primary N) is 1. The van der Waals surface area contributed by atoms with Gasteiger partial charge in [0, 0.05) is 33.9 Å². The molecule has 1 rings (SSSR count). The molecule has 0 radical (unpaired) electrons. The van der Waals surface area contributed by atoms with E-state index < -0.39 is 28.2 Å². The average molecular weight is 328 g/mol. The number of hydrazine groups is 1. The summed E-state index contributed by atoms with van der Waals surface area (Å²) < 4.78 is -2.29. The summed E-state index contributed by atoms with van der Waals surface area (Å²) in [6.07, 6.45) is -1.94. The highest BCUT2D eigenvalue weighted by molar-refractivity contribution is 9.10. The van der Waals surface area contributed by atoms with Crippen molar-refractivity contribution < 1.29 is 19.9 Å². The van der Waals surface area contributed by atoms with Crippen molar-refractivity contribution in [2.75, 3.05) is 26.4 Å². The summed E-state index contributed by atoms with van der Waals surface area (Å²) in [5.74, 6) is 0. The monoisotopic (exact) mass is 327 g/mol. The minimum absolute atomic E-state index is 0.215. The Labute approximate surface area is 111 Å². The van der Waals surface area contributed by atoms with Gasteiger partial charge in [-0.05, 0) is 0 Å². The van der Waals surface area contributed by atoms with E-state index in [-0.39, 0.29) is 6.67 Å². The van der Waals surface area contributed by atoms with E-state index in [1.165, 1.54) is 5.01 Å². The molecule has 0 aromatic carbocycles. The van der Waals surface area contributed by atoms with E-state index in [0.29, 0.717) is 18.1 Å². The van der Waals surface area contributed by atoms with Crippen LogP contribution in [0.4, 0.5) is 4.79 Å². The number of primary amides is 1. The number of nitrogens with one attached hydrogen (secondary N) is 1. The van der Waals surface area contributed by atoms with Crippen LogP contribution in [0.2, 0.25) is 0 Å². The number of hydrogen-bond donors (Lipinski definition) is 4. The number of aliphatic hydroxyl groups excluding tert-OH is 2. The molecule has 5 N–H and O–H groups in total. The highest BCUT2D eigenvalue weighted by Crippen LogP contribution is 2.26. The first kappa shape index (κ1) is 15.0. The Morgan fingerprint density at radius 3 is 2.72 bits per heavy atom. The molecule has 104 valence electrons. The number of carbonyl (C=O) groups excluding carboxylic acids is 1. The minimum Gasteiger partial charge on any atom is -0.388 e. The van der Waals surface area contributed by atoms with Crippen LogP contribution in [0.25, 0.3) is 0 Å². The quantitative estimate of drug-likeness (QED) is 0.148. The van der Waals surface area contributed by atoms with Crippen molar-refractivity contribution in [2.24, 2.45) is 5.73 Å². The van der Waals surface area contributed by atoms with Crippen LogP contribution in [0.1, 0.15) is 0 Å². The maximum Gasteiger partial charge on any atom is 0.342 e. The molecule has 18 heavy (non-hydrogen) atoms. The van der Waals surface area contributed by atoms with Gasteiger partial charge in [-0.2, -0.15) is 5.01 Å². The first-order valence-electron chi connectivity index (χ1n) is 5.01. The van der Waals surface area contributed by atoms with E-state index in [4.69, 9.17) is 10.8 Å². The van der Waals surface area contributed by atoms with E-state index in [2.05, 4.69) is 21.2 Å². The van der Waals surface area contributed by atoms with Crippen LogP contribution in [0.3, 0.4) is 0 Å². The van der Waals surface area contributed by atoms with Gasteiger partial charge in [-0.1, -0.05) is 0 Å². The van der Waals surface area contributed by atoms with Crippen molar-refractivity contribution in [3.8, 4) is 0 Å². The molecular formula is C7H14BrN5O5. The van der Waals surface area contributed by atoms with Crippen molar-refractivity contribution >= 4 is 22.0 Å². The summed E-state index contributed by atoms with van der Waals surface area (Å²) in [7, 11) is 0. The number of hydrogen-bond acceptors (Lipinski definition) is 7. The predicted octanol–water partition coefficient (Wildman–Crippen LogP) is -2.18. The zero-order valence-corrected chi connectivity index (χ0v) is 10.9. The molecule has 0 spiro atoms. The topological polar surface area (TPSA) is 145 Å². The number of rotatable bonds is 5. The molecule has 1 aliphatic heterocycles. The number of urea groups is 1. The zero-order chi connectivity index (χ0) is 13.9. The van der Waals surface area contributed by atoms with Crippen molar-refractivity contribution in [3.63, 3.8) is 0 Å². The molecule has 0 saturated carbocycles. The zero-order valence-electron chi connectivity index (χ0n) is 9.32. The normalized spacial score (nSPS) is 21.3. The number of aliphatic hydroxyl groups is 2. The fraction of sp³-hybridized carbons (Fsp3) is 0.857. The number of nitro groups is 1. The first-order chi connectivity index (χ1) is 8.34. The fourth-order valence-corrected chi connectivity index (χ4v) is 1.71. The molecule has 10 nitrogen and oxygen atoms in total. The number of amides is 2. The van der Waals surface area contributed by atoms with Gasteiger partial charge in [-0.25, -0.2) is 9.80 Å². The summed E-state index contributed by atoms with van der Waals surface area (Å²) in [5.41, 5.74) is 5.10. The lowest BCUT2D eigenvalue weighted by Gasteiger charge is -2.36. The van der Waals surface area contributed by atoms with Gasteiger partial charge >= 0.3 is 10.5 Å². The first-order valence-corrected chi connectivity index (χ1v) is 5.80. The Kier molecular flexibility index (Phi) is 4.81. The van der Waals surface area contributed by atoms with Gasteiger partial charge in [0.25, 0.3) is 0 Å². The molecule has 0 aliphatic carbocycles. The van der Waals surface area contributed by atoms with Crippen LogP contribution in [-0.4, -0.2) is 68.2 Å². The van der Waals surface area contributed by atoms with Gasteiger partial charge in [0.2, 0.25) is 6.23 Å². The summed E-state index contributed by atoms with van der Waals surface area (Å²) in [6.45, 7) is 0.105. The molecule has 2 amide bonds. The molecule has 0 aromatic rings. The van der Waals surface area contributed by atoms with Crippen molar-refractivity contribution in [1.82, 2.24) is 15.3 Å². The highest BCUT2D eigenvalue weighted by Gasteiger charge is 2.53. The minimum atomic E-state index is -2.29. The van der Waals surface area contributed by atoms with E-state index in [0.717, 1.165) is 0 Å². The molecule has 11 heteroatoms. The lowest BCUT2D eigenvalue weighted by molar-refractivity contribution is -0.559. The third kappa shape index (κ3) is 2.70. The smallest absolute Gasteiger partial charge is 0.342 e. The van der Waals surface area contributed by atoms with Gasteiger partial charge in [-0.15, -0.1) is 0 Å². The molecular weight excluding hydrogens is 314 g/mol. The van der Waals surface area contributed by atoms with E-state index in [9.17, 15) is 20.0 Å². The van der Waals surface area contributed by atoms with Gasteiger partial charge in [0.05, 0.1) is 6.67 Å².